The summed E-state index contributed by atoms with van der Waals surface area (Å²) < 4.78 is 77.9. The van der Waals surface area contributed by atoms with E-state index in [4.69, 9.17) is 39.5 Å². The predicted octanol–water partition coefficient (Wildman–Crippen LogP) is 5.33. The zero-order valence-corrected chi connectivity index (χ0v) is 25.3. The summed E-state index contributed by atoms with van der Waals surface area (Å²) in [6.45, 7) is 1.63. The van der Waals surface area contributed by atoms with Crippen molar-refractivity contribution in [3.05, 3.63) is 63.5 Å². The molecule has 2 heterocycles. The summed E-state index contributed by atoms with van der Waals surface area (Å²) in [5.74, 6) is -21.9. The Balaban J connectivity index is 1.63. The van der Waals surface area contributed by atoms with Crippen LogP contribution in [0.4, 0.5) is 27.6 Å². The van der Waals surface area contributed by atoms with Crippen LogP contribution in [0.15, 0.2) is 23.8 Å². The molecule has 1 N–H and O–H groups in total. The maximum atomic E-state index is 15.1. The summed E-state index contributed by atoms with van der Waals surface area (Å²) in [7, 11) is 1.18. The maximum Gasteiger partial charge on any atom is 0.258 e. The number of fused-ring (bicyclic) bond motifs is 4. The van der Waals surface area contributed by atoms with Gasteiger partial charge in [-0.25, -0.2) is 26.9 Å². The van der Waals surface area contributed by atoms with Crippen LogP contribution in [0.25, 0.3) is 0 Å². The number of alkyl halides is 2. The lowest BCUT2D eigenvalue weighted by Gasteiger charge is -2.50. The Labute approximate surface area is 266 Å². The monoisotopic (exact) mass is 692 g/mol. The van der Waals surface area contributed by atoms with E-state index in [1.165, 1.54) is 19.2 Å². The average Bonchev–Trinajstić information content (AvgIpc) is 3.34. The molecule has 2 saturated heterocycles. The molecule has 0 bridgehead atoms. The van der Waals surface area contributed by atoms with Crippen molar-refractivity contribution in [3.8, 4) is 11.5 Å². The Morgan fingerprint density at radius 1 is 0.933 bits per heavy atom. The van der Waals surface area contributed by atoms with Gasteiger partial charge in [-0.2, -0.15) is 0 Å². The number of hydrogen-bond donors (Lipinski definition) is 1. The van der Waals surface area contributed by atoms with Crippen molar-refractivity contribution in [3.63, 3.8) is 0 Å². The number of methoxy groups -OCH3 is 1. The molecule has 1 saturated carbocycles. The molecule has 2 aromatic rings. The second-order valence-corrected chi connectivity index (χ2v) is 12.8. The van der Waals surface area contributed by atoms with Crippen LogP contribution in [-0.2, 0) is 19.2 Å². The fourth-order valence-electron chi connectivity index (χ4n) is 7.23. The Hall–Kier alpha value is -3.42. The lowest BCUT2D eigenvalue weighted by atomic mass is 9.56. The van der Waals surface area contributed by atoms with Crippen molar-refractivity contribution in [1.82, 2.24) is 4.90 Å². The average molecular weight is 694 g/mol. The summed E-state index contributed by atoms with van der Waals surface area (Å²) in [4.78, 5) is 50.3. The molecule has 2 aliphatic carbocycles. The Morgan fingerprint density at radius 3 is 2.11 bits per heavy atom. The molecule has 238 valence electrons. The van der Waals surface area contributed by atoms with E-state index in [2.05, 4.69) is 0 Å². The molecule has 0 unspecified atom stereocenters. The molecule has 0 spiro atoms. The van der Waals surface area contributed by atoms with E-state index in [9.17, 15) is 37.5 Å². The number of anilines is 1. The molecule has 3 fully saturated rings. The van der Waals surface area contributed by atoms with Crippen molar-refractivity contribution < 1.29 is 51.0 Å². The number of carbonyl (C=O) groups excluding carboxylic acids is 4. The number of phenolic OH excluding ortho intramolecular Hbond substituents is 1. The van der Waals surface area contributed by atoms with Crippen LogP contribution in [0.3, 0.4) is 0 Å². The second kappa shape index (κ2) is 10.3. The summed E-state index contributed by atoms with van der Waals surface area (Å²) in [5, 5.41) is 10.1. The Morgan fingerprint density at radius 2 is 1.53 bits per heavy atom. The maximum absolute atomic E-state index is 15.1. The van der Waals surface area contributed by atoms with E-state index in [0.717, 1.165) is 4.90 Å². The third-order valence-corrected chi connectivity index (χ3v) is 10.9. The van der Waals surface area contributed by atoms with Gasteiger partial charge >= 0.3 is 0 Å². The molecule has 6 atom stereocenters. The van der Waals surface area contributed by atoms with Crippen LogP contribution >= 0.6 is 34.8 Å². The van der Waals surface area contributed by atoms with Crippen LogP contribution in [0.2, 0.25) is 5.02 Å². The number of ether oxygens (including phenoxy) is 1. The van der Waals surface area contributed by atoms with Gasteiger partial charge in [0.05, 0.1) is 24.0 Å². The first-order valence-electron chi connectivity index (χ1n) is 13.5. The number of phenols is 1. The Kier molecular flexibility index (Phi) is 7.22. The number of allylic oxidation sites excluding steroid dienone is 2. The highest BCUT2D eigenvalue weighted by atomic mass is 35.5. The van der Waals surface area contributed by atoms with E-state index >= 15 is 8.78 Å². The molecule has 8 nitrogen and oxygen atoms in total. The van der Waals surface area contributed by atoms with Gasteiger partial charge in [0.15, 0.2) is 44.5 Å². The van der Waals surface area contributed by atoms with Gasteiger partial charge in [-0.1, -0.05) is 23.3 Å². The first kappa shape index (κ1) is 31.6. The number of carbonyl (C=O) groups is 4. The molecule has 2 aromatic carbocycles. The third-order valence-electron chi connectivity index (χ3n) is 9.23. The van der Waals surface area contributed by atoms with Gasteiger partial charge in [-0.05, 0) is 43.4 Å². The zero-order valence-electron chi connectivity index (χ0n) is 23.1. The van der Waals surface area contributed by atoms with Gasteiger partial charge in [-0.3, -0.25) is 24.1 Å². The van der Waals surface area contributed by atoms with E-state index in [1.54, 1.807) is 13.0 Å². The second-order valence-electron chi connectivity index (χ2n) is 11.2. The lowest BCUT2D eigenvalue weighted by molar-refractivity contribution is -0.140. The van der Waals surface area contributed by atoms with Crippen molar-refractivity contribution >= 4 is 64.1 Å². The SMILES string of the molecule is CCN1C(=O)[C@H]2[C@H](CC=C3[C@H]2C[C@@]2(Cl)C(=O)N(c4c(F)c(F)c(F)c(F)c4F)C(=O)[C@@]2(Cl)[C@H]3c2cc(Cl)c(O)c(OC)c2)C1=O. The van der Waals surface area contributed by atoms with Gasteiger partial charge in [0.2, 0.25) is 17.6 Å². The van der Waals surface area contributed by atoms with E-state index in [0.29, 0.717) is 0 Å². The molecule has 0 radical (unpaired) electrons. The van der Waals surface area contributed by atoms with Crippen molar-refractivity contribution in [2.24, 2.45) is 17.8 Å². The third kappa shape index (κ3) is 3.83. The lowest BCUT2D eigenvalue weighted by Crippen LogP contribution is -2.60. The number of halogens is 8. The van der Waals surface area contributed by atoms with Crippen molar-refractivity contribution in [1.29, 1.82) is 0 Å². The van der Waals surface area contributed by atoms with Gasteiger partial charge in [-0.15, -0.1) is 23.2 Å². The molecule has 4 aliphatic rings. The predicted molar refractivity (Wildman–Crippen MR) is 148 cm³/mol. The normalized spacial score (nSPS) is 30.8. The number of hydrogen-bond acceptors (Lipinski definition) is 6. The molecular formula is C29H20Cl3F5N2O6. The summed E-state index contributed by atoms with van der Waals surface area (Å²) in [6, 6.07) is 2.38. The van der Waals surface area contributed by atoms with Crippen LogP contribution in [0.5, 0.6) is 11.5 Å². The summed E-state index contributed by atoms with van der Waals surface area (Å²) in [5.41, 5.74) is -1.64. The van der Waals surface area contributed by atoms with Gasteiger partial charge < -0.3 is 9.84 Å². The van der Waals surface area contributed by atoms with E-state index < -0.39 is 104 Å². The number of benzene rings is 2. The molecule has 2 aliphatic heterocycles. The number of amides is 4. The zero-order chi connectivity index (χ0) is 33.1. The van der Waals surface area contributed by atoms with Crippen molar-refractivity contribution in [2.75, 3.05) is 18.6 Å². The minimum absolute atomic E-state index is 0.00275. The first-order valence-corrected chi connectivity index (χ1v) is 14.6. The quantitative estimate of drug-likeness (QED) is 0.116. The molecular weight excluding hydrogens is 674 g/mol. The molecule has 0 aromatic heterocycles. The highest BCUT2D eigenvalue weighted by Gasteiger charge is 2.77. The largest absolute Gasteiger partial charge is 0.503 e. The molecule has 6 rings (SSSR count). The van der Waals surface area contributed by atoms with Crippen LogP contribution < -0.4 is 9.64 Å². The number of imide groups is 2. The van der Waals surface area contributed by atoms with E-state index in [-0.39, 0.29) is 39.8 Å². The number of aromatic hydroxyl groups is 1. The summed E-state index contributed by atoms with van der Waals surface area (Å²) in [6.07, 6.45) is 0.924. The fraction of sp³-hybridized carbons (Fsp3) is 0.379. The number of likely N-dealkylation sites (tertiary alicyclic amines) is 1. The summed E-state index contributed by atoms with van der Waals surface area (Å²) >= 11 is 20.3. The van der Waals surface area contributed by atoms with Crippen LogP contribution in [0.1, 0.15) is 31.2 Å². The van der Waals surface area contributed by atoms with Crippen molar-refractivity contribution in [2.45, 2.75) is 35.4 Å². The Bertz CT molecular complexity index is 1760. The van der Waals surface area contributed by atoms with Gasteiger partial charge in [0.25, 0.3) is 11.8 Å². The molecule has 45 heavy (non-hydrogen) atoms. The van der Waals surface area contributed by atoms with Gasteiger partial charge in [0, 0.05) is 12.5 Å². The molecule has 16 heteroatoms. The van der Waals surface area contributed by atoms with Crippen LogP contribution in [0, 0.1) is 46.8 Å². The minimum atomic E-state index is -2.72. The standard InChI is InChI=1S/C29H20Cl3F5N2O6/c1-3-38-24(41)11-5-4-10-12(15(11)25(38)42)8-28(31)26(43)39(22-20(36)18(34)17(33)19(35)21(22)37)27(44)29(28,32)16(10)9-6-13(30)23(40)14(7-9)45-2/h4,6-7,11-12,15-16,40H,3,5,8H2,1-2H3/t11-,12+,15-,16-,28+,29-/m0/s1. The first-order chi connectivity index (χ1) is 21.1. The topological polar surface area (TPSA) is 104 Å². The van der Waals surface area contributed by atoms with E-state index in [1.807, 2.05) is 0 Å². The minimum Gasteiger partial charge on any atom is -0.503 e. The van der Waals surface area contributed by atoms with Crippen LogP contribution in [-0.4, -0.2) is 57.0 Å². The fourth-order valence-corrected chi connectivity index (χ4v) is 8.39. The van der Waals surface area contributed by atoms with Gasteiger partial charge in [0.1, 0.15) is 5.69 Å². The molecule has 4 amide bonds. The smallest absolute Gasteiger partial charge is 0.258 e. The highest BCUT2D eigenvalue weighted by Crippen LogP contribution is 2.66. The number of nitrogens with zero attached hydrogens (tertiary/aromatic N) is 2. The highest BCUT2D eigenvalue weighted by molar-refractivity contribution is 6.58. The number of rotatable bonds is 4.